The Morgan fingerprint density at radius 3 is 1.57 bits per heavy atom. The Labute approximate surface area is 665 Å². The molecule has 0 bridgehead atoms. The summed E-state index contributed by atoms with van der Waals surface area (Å²) in [4.78, 5) is 136. The Morgan fingerprint density at radius 1 is 0.625 bits per heavy atom. The first-order chi connectivity index (χ1) is 53.2. The summed E-state index contributed by atoms with van der Waals surface area (Å²) >= 11 is 0. The van der Waals surface area contributed by atoms with E-state index in [1.807, 2.05) is 32.1 Å². The van der Waals surface area contributed by atoms with Crippen molar-refractivity contribution in [1.29, 1.82) is 0 Å². The number of carboxylic acids is 2. The maximum absolute atomic E-state index is 13.0. The molecule has 6 aliphatic carbocycles. The maximum atomic E-state index is 13.0. The van der Waals surface area contributed by atoms with Crippen LogP contribution in [0.15, 0.2) is 75.4 Å². The van der Waals surface area contributed by atoms with E-state index in [0.717, 1.165) is 96.3 Å². The molecule has 28 heteroatoms. The van der Waals surface area contributed by atoms with Gasteiger partial charge in [0.1, 0.15) is 34.2 Å². The van der Waals surface area contributed by atoms with Crippen LogP contribution in [0.2, 0.25) is 0 Å². The lowest BCUT2D eigenvalue weighted by Gasteiger charge is -2.28. The van der Waals surface area contributed by atoms with Crippen LogP contribution in [-0.4, -0.2) is 211 Å². The number of aliphatic hydroxyl groups excluding tert-OH is 4. The fraction of sp³-hybridized carbons (Fsp3) is 0.726. The lowest BCUT2D eigenvalue weighted by atomic mass is 10.0. The minimum atomic E-state index is -1.10. The number of ether oxygens (including phenoxy) is 4. The van der Waals surface area contributed by atoms with E-state index in [4.69, 9.17) is 41.4 Å². The monoisotopic (exact) mass is 1590 g/mol. The van der Waals surface area contributed by atoms with E-state index in [0.29, 0.717) is 77.4 Å². The third kappa shape index (κ3) is 29.9. The normalized spacial score (nSPS) is 31.0. The zero-order valence-electron chi connectivity index (χ0n) is 67.9. The maximum Gasteiger partial charge on any atom is 0.332 e. The number of hydrogen-bond acceptors (Lipinski definition) is 20. The number of nitrogens with zero attached hydrogens (tertiary/aromatic N) is 2. The van der Waals surface area contributed by atoms with Crippen LogP contribution >= 0.6 is 0 Å². The van der Waals surface area contributed by atoms with Gasteiger partial charge in [-0.3, -0.25) is 42.7 Å². The molecular weight excluding hydrogens is 1450 g/mol. The number of carbonyl (C=O) groups is 11. The van der Waals surface area contributed by atoms with Crippen molar-refractivity contribution in [3.63, 3.8) is 0 Å². The molecule has 0 aromatic carbocycles. The molecule has 11 N–H and O–H groups in total. The van der Waals surface area contributed by atoms with Crippen LogP contribution in [0.25, 0.3) is 0 Å². The number of aliphatic carboxylic acids is 2. The van der Waals surface area contributed by atoms with Crippen molar-refractivity contribution in [2.24, 2.45) is 59.0 Å². The molecule has 636 valence electrons. The highest BCUT2D eigenvalue weighted by molar-refractivity contribution is 5.97. The van der Waals surface area contributed by atoms with Crippen LogP contribution < -0.4 is 21.7 Å². The zero-order valence-corrected chi connectivity index (χ0v) is 66.9. The van der Waals surface area contributed by atoms with Crippen LogP contribution in [0.3, 0.4) is 0 Å². The molecule has 0 radical (unpaired) electrons. The van der Waals surface area contributed by atoms with Gasteiger partial charge in [0.2, 0.25) is 29.5 Å². The van der Waals surface area contributed by atoms with Gasteiger partial charge < -0.3 is 81.1 Å². The number of fused-ring (bicyclic) bond motifs is 2. The fourth-order valence-electron chi connectivity index (χ4n) is 14.7. The van der Waals surface area contributed by atoms with Crippen molar-refractivity contribution in [2.45, 2.75) is 288 Å². The number of rotatable bonds is 30. The summed E-state index contributed by atoms with van der Waals surface area (Å²) in [5, 5.41) is 64.1. The van der Waals surface area contributed by atoms with Gasteiger partial charge in [0, 0.05) is 67.4 Å². The lowest BCUT2D eigenvalue weighted by molar-refractivity contribution is -0.150. The van der Waals surface area contributed by atoms with Crippen LogP contribution in [0.4, 0.5) is 4.39 Å². The highest BCUT2D eigenvalue weighted by atomic mass is 19.1. The van der Waals surface area contributed by atoms with Crippen molar-refractivity contribution in [3.8, 4) is 0 Å². The summed E-state index contributed by atoms with van der Waals surface area (Å²) in [7, 11) is -1.00. The van der Waals surface area contributed by atoms with Crippen LogP contribution in [0, 0.1) is 53.3 Å². The molecule has 9 aliphatic rings. The predicted octanol–water partition coefficient (Wildman–Crippen LogP) is 9.41. The third-order valence-electron chi connectivity index (χ3n) is 22.1. The van der Waals surface area contributed by atoms with Crippen molar-refractivity contribution in [1.82, 2.24) is 25.8 Å². The number of likely N-dealkylation sites (tertiary alicyclic amines) is 1. The van der Waals surface area contributed by atoms with Crippen LogP contribution in [0.1, 0.15) is 231 Å². The van der Waals surface area contributed by atoms with Gasteiger partial charge in [-0.25, -0.2) is 14.4 Å². The molecule has 19 atom stereocenters. The van der Waals surface area contributed by atoms with E-state index in [-0.39, 0.29) is 142 Å². The topological polar surface area (TPSA) is 415 Å². The molecule has 8 fully saturated rings. The Kier molecular flexibility index (Phi) is 43.9. The molecule has 6 saturated carbocycles. The number of β-amino-alcohol motifs (C(OH)–C–C–N with tert-alkyl or cyclic N) is 1. The summed E-state index contributed by atoms with van der Waals surface area (Å²) in [5.74, 6) is -5.53. The number of alkyl halides is 1. The van der Waals surface area contributed by atoms with E-state index in [9.17, 15) is 72.4 Å². The molecule has 112 heavy (non-hydrogen) atoms. The summed E-state index contributed by atoms with van der Waals surface area (Å²) in [6.45, 7) is 32.2. The number of unbranched alkanes of at least 4 members (excludes halogenated alkanes) is 6. The Hall–Kier alpha value is -7.66. The number of amides is 5. The highest BCUT2D eigenvalue weighted by Gasteiger charge is 2.64. The van der Waals surface area contributed by atoms with Gasteiger partial charge in [-0.05, 0) is 150 Å². The van der Waals surface area contributed by atoms with Crippen molar-refractivity contribution in [3.05, 3.63) is 75.4 Å². The number of aliphatic hydroxyl groups is 4. The molecule has 0 aromatic heterocycles. The highest BCUT2D eigenvalue weighted by Crippen LogP contribution is 2.49. The van der Waals surface area contributed by atoms with Gasteiger partial charge >= 0.3 is 35.8 Å². The Morgan fingerprint density at radius 2 is 1.12 bits per heavy atom. The number of allylic oxidation sites excluding steroid dienone is 3. The molecule has 0 aromatic rings. The number of esters is 4. The van der Waals surface area contributed by atoms with Gasteiger partial charge in [0.15, 0.2) is 0 Å². The van der Waals surface area contributed by atoms with Crippen molar-refractivity contribution in [2.75, 3.05) is 46.7 Å². The second-order valence-corrected chi connectivity index (χ2v) is 30.7. The Bertz CT molecular complexity index is 3160. The van der Waals surface area contributed by atoms with Gasteiger partial charge in [0.05, 0.1) is 71.2 Å². The standard InChI is InChI=1S/C23H36N2O5.C21H32N2O5.C14H21NO4.C10H18O2.C8H13NO2.C6H10O3.CH3F.CH4/c1-5-8-9-10-11-12-16(4)21(28)25-15-18(26)13-19(25)20(27)24-23(14-17(23)6-2)22(29)30-7-3;1-3-28-20(27)21-12-15(21)10-8-6-4-5-7-9-14(2)19(26)23-13-16(24)11-17(23)18(25)22-21;1-3-10-8-14(10,13(18)19-4-2)15-12(17)9-5-6-11(16)7-9;1-3-4-5-6-7-8-9(2)10(11)12;1-3-6-5-8(6,9)7(10)11-4-2;7-5-2-1-4(3-5)6(8)9;1-2;/h5-6,16-19,26H,1-2,7-15H2,3-4H3,(H,24,27);8,10,14-17,24H,3-7,9,11-13H2,1-2H3,(H,22,25);3,9-11,16H,1,4-8H2,2H3,(H,15,17);3,9H,1,4-8H2,2H3,(H,11,12);3,6H,1,4-5,9H2,2H3;4-5,7H,1-3H2,(H,8,9);1H3;1H4/b;10-8-;;;;;;/t16-,17+,18+,19-,23+;14-,15+,16+,17-,21+;9-,10?,11-,14+;9-;6?,8-;4-,5-;;/m000010../s1/i;;;;;;1D;. The number of carboxylic acid groups (broad SMARTS) is 2. The lowest BCUT2D eigenvalue weighted by Crippen LogP contribution is -2.54. The SMILES string of the molecule is C.C=CC1C[C@]1(N)C(=O)OCC.C=CC1C[C@]1(NC(=O)[C@H]1CC[C@H](O)C1)C(=O)OCC.C=CCCCCC[C@H](C)C(=O)N1C[C@H](O)C[C@H]1C(=O)N[C@]1(C(=O)OCC)C[C@H]1C=C.C=CCCCCC[C@H](C)C(=O)O.CCOC(=O)[C@@]12C[C@H]1/C=C\CCCCC[C@H](C)C(=O)N1C[C@H](O)C[C@H]1C(=O)N2.O=C(O)[C@H]1CC[C@H](O)C1.[2H]CF. The third-order valence-corrected chi connectivity index (χ3v) is 22.1. The first-order valence-electron chi connectivity index (χ1n) is 40.7. The Balaban J connectivity index is 0.000000479. The fourth-order valence-corrected chi connectivity index (χ4v) is 14.7. The molecule has 3 heterocycles. The average Bonchev–Trinajstić information content (AvgIpc) is 1.60. The smallest absolute Gasteiger partial charge is 0.332 e. The number of hydrogen-bond donors (Lipinski definition) is 10. The van der Waals surface area contributed by atoms with E-state index in [1.165, 1.54) is 9.80 Å². The molecule has 0 spiro atoms. The van der Waals surface area contributed by atoms with E-state index in [1.54, 1.807) is 52.8 Å². The molecule has 2 unspecified atom stereocenters. The van der Waals surface area contributed by atoms with E-state index in [2.05, 4.69) is 54.9 Å². The minimum Gasteiger partial charge on any atom is -0.481 e. The number of carbonyl (C=O) groups excluding carboxylic acids is 9. The number of nitrogens with two attached hydrogens (primary N) is 1. The molecule has 5 amide bonds. The number of halogens is 1. The van der Waals surface area contributed by atoms with E-state index < -0.39 is 89.5 Å². The van der Waals surface area contributed by atoms with E-state index >= 15 is 0 Å². The molecule has 27 nitrogen and oxygen atoms in total. The molecule has 3 aliphatic heterocycles. The van der Waals surface area contributed by atoms with Crippen LogP contribution in [-0.2, 0) is 71.7 Å². The number of nitrogens with one attached hydrogen (secondary N) is 3. The zero-order chi connectivity index (χ0) is 84.1. The first kappa shape index (κ1) is 98.5. The van der Waals surface area contributed by atoms with Gasteiger partial charge in [-0.2, -0.15) is 0 Å². The molecular formula is C84H137FN6O21. The largest absolute Gasteiger partial charge is 0.481 e. The second-order valence-electron chi connectivity index (χ2n) is 30.7. The van der Waals surface area contributed by atoms with Gasteiger partial charge in [-0.1, -0.05) is 109 Å². The summed E-state index contributed by atoms with van der Waals surface area (Å²) in [6.07, 6.45) is 31.3. The second kappa shape index (κ2) is 49.9. The summed E-state index contributed by atoms with van der Waals surface area (Å²) in [5.41, 5.74) is 1.87. The van der Waals surface area contributed by atoms with Crippen molar-refractivity contribution < 1.29 is 108 Å². The molecule has 9 rings (SSSR count). The van der Waals surface area contributed by atoms with Crippen LogP contribution in [0.5, 0.6) is 0 Å². The average molecular weight is 1590 g/mol. The van der Waals surface area contributed by atoms with Gasteiger partial charge in [-0.15, -0.1) is 32.9 Å². The predicted molar refractivity (Wildman–Crippen MR) is 423 cm³/mol. The first-order valence-corrected chi connectivity index (χ1v) is 40.0. The summed E-state index contributed by atoms with van der Waals surface area (Å²) in [6, 6.07) is -1.53. The molecule has 2 saturated heterocycles. The van der Waals surface area contributed by atoms with Crippen molar-refractivity contribution >= 4 is 65.4 Å². The minimum absolute atomic E-state index is 0. The summed E-state index contributed by atoms with van der Waals surface area (Å²) < 4.78 is 35.7. The quantitative estimate of drug-likeness (QED) is 0.0138. The van der Waals surface area contributed by atoms with Gasteiger partial charge in [0.25, 0.3) is 0 Å².